The number of ether oxygens (including phenoxy) is 2. The van der Waals surface area contributed by atoms with Crippen LogP contribution in [0, 0.1) is 11.8 Å². The Balaban J connectivity index is 1.84. The fourth-order valence-electron chi connectivity index (χ4n) is 3.70. The smallest absolute Gasteiger partial charge is 0.416 e. The predicted molar refractivity (Wildman–Crippen MR) is 113 cm³/mol. The van der Waals surface area contributed by atoms with Gasteiger partial charge in [-0.25, -0.2) is 0 Å². The number of carbonyl (C=O) groups is 1. The van der Waals surface area contributed by atoms with Crippen molar-refractivity contribution in [2.24, 2.45) is 11.8 Å². The van der Waals surface area contributed by atoms with E-state index >= 15 is 0 Å². The van der Waals surface area contributed by atoms with Gasteiger partial charge in [-0.15, -0.1) is 11.6 Å². The predicted octanol–water partition coefficient (Wildman–Crippen LogP) is 5.76. The van der Waals surface area contributed by atoms with Crippen LogP contribution in [0.5, 0.6) is 5.75 Å². The number of rotatable bonds is 10. The summed E-state index contributed by atoms with van der Waals surface area (Å²) in [6.07, 6.45) is 1.52. The summed E-state index contributed by atoms with van der Waals surface area (Å²) < 4.78 is 49.3. The summed E-state index contributed by atoms with van der Waals surface area (Å²) in [7, 11) is 0. The minimum Gasteiger partial charge on any atom is -0.493 e. The molecule has 1 saturated carbocycles. The van der Waals surface area contributed by atoms with E-state index in [0.717, 1.165) is 18.6 Å². The highest BCUT2D eigenvalue weighted by molar-refractivity contribution is 6.21. The Hall–Kier alpha value is -1.73. The van der Waals surface area contributed by atoms with Gasteiger partial charge in [0.15, 0.2) is 0 Å². The summed E-state index contributed by atoms with van der Waals surface area (Å²) in [5.74, 6) is -0.426. The highest BCUT2D eigenvalue weighted by Crippen LogP contribution is 2.39. The van der Waals surface area contributed by atoms with Crippen molar-refractivity contribution in [3.05, 3.63) is 42.0 Å². The van der Waals surface area contributed by atoms with Gasteiger partial charge in [0.05, 0.1) is 24.4 Å². The van der Waals surface area contributed by atoms with E-state index in [9.17, 15) is 23.1 Å². The molecule has 0 bridgehead atoms. The van der Waals surface area contributed by atoms with Crippen LogP contribution in [0.3, 0.4) is 0 Å². The molecule has 174 valence electrons. The molecule has 1 aliphatic carbocycles. The van der Waals surface area contributed by atoms with Gasteiger partial charge in [0.1, 0.15) is 5.75 Å². The molecule has 1 aromatic rings. The Bertz CT molecular complexity index is 736. The van der Waals surface area contributed by atoms with Crippen molar-refractivity contribution >= 4 is 17.6 Å². The van der Waals surface area contributed by atoms with Crippen molar-refractivity contribution < 1.29 is 32.5 Å². The van der Waals surface area contributed by atoms with E-state index in [1.807, 2.05) is 26.0 Å². The number of unbranched alkanes of at least 4 members (excludes halogenated alkanes) is 1. The minimum atomic E-state index is -4.44. The summed E-state index contributed by atoms with van der Waals surface area (Å²) in [5, 5.41) is 10.1. The summed E-state index contributed by atoms with van der Waals surface area (Å²) >= 11 is 6.41. The lowest BCUT2D eigenvalue weighted by molar-refractivity contribution is -0.147. The van der Waals surface area contributed by atoms with E-state index in [1.54, 1.807) is 0 Å². The summed E-state index contributed by atoms with van der Waals surface area (Å²) in [5.41, 5.74) is -0.774. The lowest BCUT2D eigenvalue weighted by atomic mass is 9.92. The number of aliphatic hydroxyl groups is 1. The summed E-state index contributed by atoms with van der Waals surface area (Å²) in [6.45, 7) is 3.71. The molecule has 1 N–H and O–H groups in total. The number of benzene rings is 1. The summed E-state index contributed by atoms with van der Waals surface area (Å²) in [4.78, 5) is 11.5. The lowest BCUT2D eigenvalue weighted by Crippen LogP contribution is -2.27. The largest absolute Gasteiger partial charge is 0.493 e. The fraction of sp³-hybridized carbons (Fsp3) is 0.609. The van der Waals surface area contributed by atoms with Crippen molar-refractivity contribution in [2.75, 3.05) is 6.61 Å². The van der Waals surface area contributed by atoms with E-state index in [-0.39, 0.29) is 41.6 Å². The van der Waals surface area contributed by atoms with Gasteiger partial charge in [-0.05, 0) is 63.6 Å². The second-order valence-corrected chi connectivity index (χ2v) is 8.68. The fourth-order valence-corrected chi connectivity index (χ4v) is 4.18. The Labute approximate surface area is 186 Å². The number of halogens is 4. The first-order valence-electron chi connectivity index (χ1n) is 10.5. The molecule has 4 atom stereocenters. The number of hydrogen-bond acceptors (Lipinski definition) is 4. The van der Waals surface area contributed by atoms with Crippen LogP contribution in [0.2, 0.25) is 0 Å². The standard InChI is InChI=1S/C23H30ClF3O4/c1-15(2)31-22(29)11-6-4-3-5-10-18-19(21(28)13-20(18)24)14-30-17-9-7-8-16(12-17)23(25,26)27/h3,5,7-9,12,15,18-21,28H,4,6,10-11,13-14H2,1-2H3/b5-3-/t18-,19-,20-,21-/m1/s1. The molecule has 1 aliphatic rings. The van der Waals surface area contributed by atoms with Crippen LogP contribution in [0.1, 0.15) is 51.5 Å². The maximum Gasteiger partial charge on any atom is 0.416 e. The van der Waals surface area contributed by atoms with Gasteiger partial charge in [0.25, 0.3) is 0 Å². The molecule has 0 amide bonds. The van der Waals surface area contributed by atoms with Crippen LogP contribution in [0.15, 0.2) is 36.4 Å². The number of aliphatic hydroxyl groups excluding tert-OH is 1. The molecule has 4 nitrogen and oxygen atoms in total. The number of esters is 1. The molecule has 1 aromatic carbocycles. The molecule has 0 aromatic heterocycles. The van der Waals surface area contributed by atoms with Crippen LogP contribution in [0.4, 0.5) is 13.2 Å². The van der Waals surface area contributed by atoms with Crippen molar-refractivity contribution in [1.29, 1.82) is 0 Å². The lowest BCUT2D eigenvalue weighted by Gasteiger charge is -2.23. The molecule has 0 radical (unpaired) electrons. The number of allylic oxidation sites excluding steroid dienone is 2. The second-order valence-electron chi connectivity index (χ2n) is 8.12. The Morgan fingerprint density at radius 2 is 2.03 bits per heavy atom. The van der Waals surface area contributed by atoms with Crippen molar-refractivity contribution in [2.45, 2.75) is 69.7 Å². The SMILES string of the molecule is CC(C)OC(=O)CCC/C=C\C[C@@H]1[C@@H](COc2cccc(C(F)(F)F)c2)[C@H](O)C[C@H]1Cl. The first-order chi connectivity index (χ1) is 14.6. The highest BCUT2D eigenvalue weighted by atomic mass is 35.5. The van der Waals surface area contributed by atoms with Gasteiger partial charge >= 0.3 is 12.1 Å². The van der Waals surface area contributed by atoms with Gasteiger partial charge in [0, 0.05) is 17.7 Å². The molecule has 1 fully saturated rings. The molecular weight excluding hydrogens is 433 g/mol. The molecule has 2 rings (SSSR count). The van der Waals surface area contributed by atoms with E-state index in [1.165, 1.54) is 12.1 Å². The summed E-state index contributed by atoms with van der Waals surface area (Å²) in [6, 6.07) is 4.71. The third-order valence-electron chi connectivity index (χ3n) is 5.27. The maximum absolute atomic E-state index is 12.9. The first kappa shape index (κ1) is 25.5. The molecule has 0 unspecified atom stereocenters. The van der Waals surface area contributed by atoms with Crippen LogP contribution in [-0.2, 0) is 15.7 Å². The van der Waals surface area contributed by atoms with E-state index in [0.29, 0.717) is 25.7 Å². The number of carbonyl (C=O) groups excluding carboxylic acids is 1. The second kappa shape index (κ2) is 11.8. The zero-order chi connectivity index (χ0) is 23.0. The average molecular weight is 463 g/mol. The number of hydrogen-bond donors (Lipinski definition) is 1. The van der Waals surface area contributed by atoms with Crippen molar-refractivity contribution in [3.8, 4) is 5.75 Å². The highest BCUT2D eigenvalue weighted by Gasteiger charge is 2.41. The third kappa shape index (κ3) is 8.37. The monoisotopic (exact) mass is 462 g/mol. The van der Waals surface area contributed by atoms with Crippen molar-refractivity contribution in [3.63, 3.8) is 0 Å². The maximum atomic E-state index is 12.9. The zero-order valence-electron chi connectivity index (χ0n) is 17.8. The van der Waals surface area contributed by atoms with Gasteiger partial charge in [0.2, 0.25) is 0 Å². The van der Waals surface area contributed by atoms with Gasteiger partial charge in [-0.1, -0.05) is 18.2 Å². The van der Waals surface area contributed by atoms with Gasteiger partial charge in [-0.3, -0.25) is 4.79 Å². The van der Waals surface area contributed by atoms with Crippen LogP contribution in [0.25, 0.3) is 0 Å². The van der Waals surface area contributed by atoms with E-state index < -0.39 is 17.8 Å². The van der Waals surface area contributed by atoms with Crippen LogP contribution in [-0.4, -0.2) is 35.3 Å². The molecule has 0 spiro atoms. The first-order valence-corrected chi connectivity index (χ1v) is 11.0. The molecule has 31 heavy (non-hydrogen) atoms. The van der Waals surface area contributed by atoms with Gasteiger partial charge in [-0.2, -0.15) is 13.2 Å². The molecule has 0 saturated heterocycles. The zero-order valence-corrected chi connectivity index (χ0v) is 18.5. The quantitative estimate of drug-likeness (QED) is 0.208. The topological polar surface area (TPSA) is 55.8 Å². The minimum absolute atomic E-state index is 0.0513. The van der Waals surface area contributed by atoms with Crippen LogP contribution < -0.4 is 4.74 Å². The third-order valence-corrected chi connectivity index (χ3v) is 5.77. The van der Waals surface area contributed by atoms with Crippen molar-refractivity contribution in [1.82, 2.24) is 0 Å². The van der Waals surface area contributed by atoms with E-state index in [4.69, 9.17) is 21.1 Å². The Kier molecular flexibility index (Phi) is 9.69. The molecule has 8 heteroatoms. The average Bonchev–Trinajstić information content (AvgIpc) is 2.94. The van der Waals surface area contributed by atoms with Gasteiger partial charge < -0.3 is 14.6 Å². The molecular formula is C23H30ClF3O4. The normalized spacial score (nSPS) is 24.1. The van der Waals surface area contributed by atoms with Crippen LogP contribution >= 0.6 is 11.6 Å². The molecule has 0 heterocycles. The van der Waals surface area contributed by atoms with E-state index in [2.05, 4.69) is 0 Å². The number of alkyl halides is 4. The Morgan fingerprint density at radius 3 is 2.71 bits per heavy atom. The molecule has 0 aliphatic heterocycles. The Morgan fingerprint density at radius 1 is 1.29 bits per heavy atom.